The molecule has 0 bridgehead atoms. The molecule has 3 aromatic rings. The van der Waals surface area contributed by atoms with Crippen molar-refractivity contribution in [3.8, 4) is 5.75 Å². The summed E-state index contributed by atoms with van der Waals surface area (Å²) in [7, 11) is 0. The molecular formula is C31H38N4O4. The number of likely N-dealkylation sites (tertiary alicyclic amines) is 1. The molecule has 8 nitrogen and oxygen atoms in total. The summed E-state index contributed by atoms with van der Waals surface area (Å²) in [6.45, 7) is 8.58. The van der Waals surface area contributed by atoms with Crippen molar-refractivity contribution in [3.05, 3.63) is 83.1 Å². The average Bonchev–Trinajstić information content (AvgIpc) is 3.64. The summed E-state index contributed by atoms with van der Waals surface area (Å²) in [6, 6.07) is 16.1. The number of fused-ring (bicyclic) bond motifs is 1. The summed E-state index contributed by atoms with van der Waals surface area (Å²) in [6.07, 6.45) is 5.16. The van der Waals surface area contributed by atoms with E-state index in [9.17, 15) is 9.59 Å². The van der Waals surface area contributed by atoms with Crippen LogP contribution in [0.5, 0.6) is 5.75 Å². The minimum atomic E-state index is -0.241. The van der Waals surface area contributed by atoms with Crippen LogP contribution in [0, 0.1) is 5.92 Å². The van der Waals surface area contributed by atoms with Gasteiger partial charge in [-0.15, -0.1) is 0 Å². The number of hydrogen-bond acceptors (Lipinski definition) is 6. The minimum Gasteiger partial charge on any atom is -0.484 e. The fraction of sp³-hybridized carbons (Fsp3) is 0.452. The Morgan fingerprint density at radius 2 is 1.90 bits per heavy atom. The number of carbonyl (C=O) groups is 2. The zero-order valence-electron chi connectivity index (χ0n) is 22.9. The average molecular weight is 531 g/mol. The molecule has 2 aliphatic heterocycles. The van der Waals surface area contributed by atoms with E-state index in [-0.39, 0.29) is 30.2 Å². The standard InChI is InChI=1S/C31H38N4O4/c1-22(2)18-29(36)35-16-12-23-10-11-25(19-26(23)30(35)24-8-4-3-5-9-24)38-21-28-33-27(20-39-28)31(37)32-13-17-34-14-6-7-15-34/h3-5,8-11,19-20,22,30H,6-7,12-18,21H2,1-2H3,(H,32,37). The number of nitrogens with zero attached hydrogens (tertiary/aromatic N) is 3. The zero-order chi connectivity index (χ0) is 27.2. The molecule has 206 valence electrons. The third kappa shape index (κ3) is 6.68. The topological polar surface area (TPSA) is 87.9 Å². The van der Waals surface area contributed by atoms with Gasteiger partial charge in [0.05, 0.1) is 6.04 Å². The molecule has 8 heteroatoms. The van der Waals surface area contributed by atoms with Crippen LogP contribution in [0.15, 0.2) is 59.2 Å². The first-order valence-corrected chi connectivity index (χ1v) is 14.0. The van der Waals surface area contributed by atoms with Crippen molar-refractivity contribution in [1.29, 1.82) is 0 Å². The predicted octanol–water partition coefficient (Wildman–Crippen LogP) is 4.60. The SMILES string of the molecule is CC(C)CC(=O)N1CCc2ccc(OCc3nc(C(=O)NCCN4CCCC4)co3)cc2C1c1ccccc1. The van der Waals surface area contributed by atoms with E-state index in [1.54, 1.807) is 0 Å². The van der Waals surface area contributed by atoms with Crippen molar-refractivity contribution in [2.24, 2.45) is 5.92 Å². The number of carbonyl (C=O) groups excluding carboxylic acids is 2. The summed E-state index contributed by atoms with van der Waals surface area (Å²) in [5.41, 5.74) is 3.63. The van der Waals surface area contributed by atoms with Crippen molar-refractivity contribution in [2.75, 3.05) is 32.7 Å². The second-order valence-corrected chi connectivity index (χ2v) is 10.8. The van der Waals surface area contributed by atoms with Crippen LogP contribution in [0.4, 0.5) is 0 Å². The van der Waals surface area contributed by atoms with Crippen LogP contribution in [0.25, 0.3) is 0 Å². The molecular weight excluding hydrogens is 492 g/mol. The van der Waals surface area contributed by atoms with Crippen LogP contribution >= 0.6 is 0 Å². The Bertz CT molecular complexity index is 1270. The lowest BCUT2D eigenvalue weighted by atomic mass is 9.87. The summed E-state index contributed by atoms with van der Waals surface area (Å²) in [5, 5.41) is 2.92. The molecule has 39 heavy (non-hydrogen) atoms. The fourth-order valence-electron chi connectivity index (χ4n) is 5.46. The van der Waals surface area contributed by atoms with Gasteiger partial charge in [-0.25, -0.2) is 4.98 Å². The first kappa shape index (κ1) is 26.9. The smallest absolute Gasteiger partial charge is 0.273 e. The van der Waals surface area contributed by atoms with E-state index in [1.165, 1.54) is 24.7 Å². The third-order valence-electron chi connectivity index (χ3n) is 7.42. The van der Waals surface area contributed by atoms with Gasteiger partial charge in [0.25, 0.3) is 5.91 Å². The first-order valence-electron chi connectivity index (χ1n) is 14.0. The van der Waals surface area contributed by atoms with E-state index in [4.69, 9.17) is 9.15 Å². The van der Waals surface area contributed by atoms with Crippen LogP contribution in [0.3, 0.4) is 0 Å². The molecule has 2 aromatic carbocycles. The molecule has 1 aromatic heterocycles. The second-order valence-electron chi connectivity index (χ2n) is 10.8. The molecule has 2 aliphatic rings. The lowest BCUT2D eigenvalue weighted by Gasteiger charge is -2.38. The zero-order valence-corrected chi connectivity index (χ0v) is 22.9. The molecule has 3 heterocycles. The monoisotopic (exact) mass is 530 g/mol. The largest absolute Gasteiger partial charge is 0.484 e. The van der Waals surface area contributed by atoms with Gasteiger partial charge in [-0.3, -0.25) is 9.59 Å². The van der Waals surface area contributed by atoms with E-state index in [0.717, 1.165) is 37.2 Å². The minimum absolute atomic E-state index is 0.103. The van der Waals surface area contributed by atoms with Gasteiger partial charge >= 0.3 is 0 Å². The number of nitrogens with one attached hydrogen (secondary N) is 1. The number of oxazole rings is 1. The van der Waals surface area contributed by atoms with Gasteiger partial charge in [0.1, 0.15) is 12.0 Å². The van der Waals surface area contributed by atoms with Crippen LogP contribution in [-0.2, 0) is 17.8 Å². The molecule has 0 saturated carbocycles. The molecule has 0 radical (unpaired) electrons. The van der Waals surface area contributed by atoms with Gasteiger partial charge in [0.15, 0.2) is 12.3 Å². The number of rotatable bonds is 10. The molecule has 5 rings (SSSR count). The van der Waals surface area contributed by atoms with Crippen LogP contribution < -0.4 is 10.1 Å². The molecule has 0 aliphatic carbocycles. The Hall–Kier alpha value is -3.65. The predicted molar refractivity (Wildman–Crippen MR) is 148 cm³/mol. The lowest BCUT2D eigenvalue weighted by Crippen LogP contribution is -2.41. The van der Waals surface area contributed by atoms with E-state index in [2.05, 4.69) is 47.2 Å². The summed E-state index contributed by atoms with van der Waals surface area (Å²) in [5.74, 6) is 1.23. The highest BCUT2D eigenvalue weighted by molar-refractivity contribution is 5.91. The summed E-state index contributed by atoms with van der Waals surface area (Å²) in [4.78, 5) is 34.4. The van der Waals surface area contributed by atoms with Crippen molar-refractivity contribution >= 4 is 11.8 Å². The third-order valence-corrected chi connectivity index (χ3v) is 7.42. The highest BCUT2D eigenvalue weighted by atomic mass is 16.5. The number of amides is 2. The summed E-state index contributed by atoms with van der Waals surface area (Å²) < 4.78 is 11.6. The van der Waals surface area contributed by atoms with Gasteiger partial charge in [-0.1, -0.05) is 50.2 Å². The Labute approximate surface area is 230 Å². The van der Waals surface area contributed by atoms with Gasteiger partial charge in [-0.2, -0.15) is 0 Å². The molecule has 0 spiro atoms. The maximum absolute atomic E-state index is 13.2. The van der Waals surface area contributed by atoms with Gasteiger partial charge in [0, 0.05) is 26.1 Å². The normalized spacial score (nSPS) is 17.3. The number of ether oxygens (including phenoxy) is 1. The van der Waals surface area contributed by atoms with Crippen molar-refractivity contribution in [2.45, 2.75) is 52.2 Å². The molecule has 1 N–H and O–H groups in total. The highest BCUT2D eigenvalue weighted by Gasteiger charge is 2.32. The van der Waals surface area contributed by atoms with Crippen LogP contribution in [0.2, 0.25) is 0 Å². The highest BCUT2D eigenvalue weighted by Crippen LogP contribution is 2.37. The maximum atomic E-state index is 13.2. The molecule has 1 saturated heterocycles. The first-order chi connectivity index (χ1) is 19.0. The van der Waals surface area contributed by atoms with Crippen molar-refractivity contribution < 1.29 is 18.7 Å². The van der Waals surface area contributed by atoms with Crippen molar-refractivity contribution in [3.63, 3.8) is 0 Å². The Kier molecular flexibility index (Phi) is 8.61. The maximum Gasteiger partial charge on any atom is 0.273 e. The Morgan fingerprint density at radius 1 is 1.10 bits per heavy atom. The number of aromatic nitrogens is 1. The van der Waals surface area contributed by atoms with E-state index < -0.39 is 0 Å². The quantitative estimate of drug-likeness (QED) is 0.412. The van der Waals surface area contributed by atoms with Gasteiger partial charge < -0.3 is 24.3 Å². The van der Waals surface area contributed by atoms with Gasteiger partial charge in [-0.05, 0) is 67.1 Å². The number of hydrogen-bond donors (Lipinski definition) is 1. The van der Waals surface area contributed by atoms with E-state index in [0.29, 0.717) is 37.1 Å². The van der Waals surface area contributed by atoms with E-state index >= 15 is 0 Å². The molecule has 1 fully saturated rings. The molecule has 2 amide bonds. The Balaban J connectivity index is 1.26. The van der Waals surface area contributed by atoms with E-state index in [1.807, 2.05) is 35.2 Å². The fourth-order valence-corrected chi connectivity index (χ4v) is 5.46. The Morgan fingerprint density at radius 3 is 2.67 bits per heavy atom. The second kappa shape index (κ2) is 12.5. The lowest BCUT2D eigenvalue weighted by molar-refractivity contribution is -0.134. The molecule has 1 unspecified atom stereocenters. The van der Waals surface area contributed by atoms with Gasteiger partial charge in [0.2, 0.25) is 11.8 Å². The molecule has 1 atom stereocenters. The van der Waals surface area contributed by atoms with Crippen LogP contribution in [-0.4, -0.2) is 59.3 Å². The van der Waals surface area contributed by atoms with Crippen molar-refractivity contribution in [1.82, 2.24) is 20.1 Å². The number of benzene rings is 2. The summed E-state index contributed by atoms with van der Waals surface area (Å²) >= 11 is 0. The van der Waals surface area contributed by atoms with Crippen LogP contribution in [0.1, 0.15) is 72.2 Å².